The van der Waals surface area contributed by atoms with Gasteiger partial charge in [-0.3, -0.25) is 14.4 Å². The van der Waals surface area contributed by atoms with Gasteiger partial charge in [0.1, 0.15) is 13.2 Å². The Morgan fingerprint density at radius 2 is 0.513 bits per heavy atom. The number of unbranched alkanes of at least 4 members (excludes halogenated alkanes) is 31. The summed E-state index contributed by atoms with van der Waals surface area (Å²) < 4.78 is 16.9. The third kappa shape index (κ3) is 61.2. The summed E-state index contributed by atoms with van der Waals surface area (Å²) in [7, 11) is 0. The monoisotopic (exact) mass is 1060 g/mol. The molecule has 1 atom stereocenters. The third-order valence-corrected chi connectivity index (χ3v) is 13.8. The first-order valence-corrected chi connectivity index (χ1v) is 32.2. The van der Waals surface area contributed by atoms with E-state index >= 15 is 0 Å². The number of carbonyl (C=O) groups excluding carboxylic acids is 3. The maximum Gasteiger partial charge on any atom is 0.306 e. The van der Waals surface area contributed by atoms with Crippen molar-refractivity contribution in [2.24, 2.45) is 0 Å². The number of hydrogen-bond donors (Lipinski definition) is 0. The van der Waals surface area contributed by atoms with E-state index in [1.54, 1.807) is 0 Å². The zero-order valence-corrected chi connectivity index (χ0v) is 50.0. The van der Waals surface area contributed by atoms with Gasteiger partial charge in [0, 0.05) is 19.3 Å². The van der Waals surface area contributed by atoms with Crippen LogP contribution in [0.3, 0.4) is 0 Å². The molecule has 0 saturated carbocycles. The lowest BCUT2D eigenvalue weighted by Gasteiger charge is -2.18. The highest BCUT2D eigenvalue weighted by atomic mass is 16.6. The van der Waals surface area contributed by atoms with Gasteiger partial charge < -0.3 is 14.2 Å². The molecule has 0 fully saturated rings. The van der Waals surface area contributed by atoms with Crippen molar-refractivity contribution in [2.45, 2.75) is 316 Å². The van der Waals surface area contributed by atoms with Crippen molar-refractivity contribution in [3.8, 4) is 0 Å². The standard InChI is InChI=1S/C70H120O6/c1-4-7-10-13-16-19-22-25-27-29-31-33-34-35-36-38-39-41-43-45-48-51-54-57-60-63-69(72)75-66-67(65-74-68(71)62-59-56-53-50-47-24-21-18-15-12-9-6-3)76-70(73)64-61-58-55-52-49-46-44-42-40-37-32-30-28-26-23-20-17-14-11-8-5-2/h7,10,16,18-19,21,23,25-27,30-33,40,42,67H,4-6,8-9,11-15,17,20,22,24,28-29,34-39,41,43-66H2,1-3H3/b10-7-,19-16-,21-18-,26-23-,27-25-,32-30-,33-31-,42-40-. The zero-order valence-electron chi connectivity index (χ0n) is 50.0. The molecule has 436 valence electrons. The molecule has 1 unspecified atom stereocenters. The smallest absolute Gasteiger partial charge is 0.306 e. The van der Waals surface area contributed by atoms with Crippen molar-refractivity contribution in [3.63, 3.8) is 0 Å². The van der Waals surface area contributed by atoms with E-state index in [9.17, 15) is 14.4 Å². The average Bonchev–Trinajstić information content (AvgIpc) is 3.42. The molecular weight excluding hydrogens is 937 g/mol. The van der Waals surface area contributed by atoms with Gasteiger partial charge in [0.05, 0.1) is 0 Å². The fourth-order valence-electron chi connectivity index (χ4n) is 8.97. The first-order chi connectivity index (χ1) is 37.5. The van der Waals surface area contributed by atoms with Crippen molar-refractivity contribution < 1.29 is 28.6 Å². The molecule has 0 N–H and O–H groups in total. The van der Waals surface area contributed by atoms with Crippen molar-refractivity contribution in [1.29, 1.82) is 0 Å². The topological polar surface area (TPSA) is 78.9 Å². The number of ether oxygens (including phenoxy) is 3. The van der Waals surface area contributed by atoms with Crippen molar-refractivity contribution in [1.82, 2.24) is 0 Å². The van der Waals surface area contributed by atoms with Crippen LogP contribution in [0, 0.1) is 0 Å². The molecule has 0 aromatic carbocycles. The number of rotatable bonds is 58. The van der Waals surface area contributed by atoms with E-state index in [-0.39, 0.29) is 31.1 Å². The Morgan fingerprint density at radius 3 is 0.842 bits per heavy atom. The van der Waals surface area contributed by atoms with Crippen LogP contribution in [-0.4, -0.2) is 37.2 Å². The average molecular weight is 1060 g/mol. The van der Waals surface area contributed by atoms with E-state index in [1.807, 2.05) is 0 Å². The van der Waals surface area contributed by atoms with E-state index in [0.29, 0.717) is 19.3 Å². The summed E-state index contributed by atoms with van der Waals surface area (Å²) in [6.45, 7) is 6.50. The Balaban J connectivity index is 4.32. The van der Waals surface area contributed by atoms with Crippen LogP contribution in [0.2, 0.25) is 0 Å². The lowest BCUT2D eigenvalue weighted by atomic mass is 10.0. The molecule has 0 rings (SSSR count). The molecule has 76 heavy (non-hydrogen) atoms. The minimum atomic E-state index is -0.790. The second-order valence-corrected chi connectivity index (χ2v) is 21.3. The molecule has 0 aliphatic carbocycles. The SMILES string of the molecule is CC/C=C\C/C=C\C/C=C\C/C=C\CCCCCCCCCCCCCCC(=O)OCC(COC(=O)CCCCCCC/C=C\CCCCC)OC(=O)CCCCCCCC/C=C\C/C=C\C/C=C\CCCCCCC. The summed E-state index contributed by atoms with van der Waals surface area (Å²) in [6.07, 6.45) is 85.5. The van der Waals surface area contributed by atoms with Gasteiger partial charge in [-0.25, -0.2) is 0 Å². The van der Waals surface area contributed by atoms with Crippen LogP contribution in [0.25, 0.3) is 0 Å². The normalized spacial score (nSPS) is 12.7. The molecule has 6 heteroatoms. The summed E-state index contributed by atoms with van der Waals surface area (Å²) >= 11 is 0. The quantitative estimate of drug-likeness (QED) is 0.0261. The van der Waals surface area contributed by atoms with Gasteiger partial charge in [-0.15, -0.1) is 0 Å². The highest BCUT2D eigenvalue weighted by Gasteiger charge is 2.19. The van der Waals surface area contributed by atoms with Gasteiger partial charge >= 0.3 is 17.9 Å². The largest absolute Gasteiger partial charge is 0.462 e. The summed E-state index contributed by atoms with van der Waals surface area (Å²) in [5, 5.41) is 0. The van der Waals surface area contributed by atoms with Gasteiger partial charge in [-0.05, 0) is 122 Å². The maximum atomic E-state index is 12.9. The molecule has 0 aromatic rings. The fraction of sp³-hybridized carbons (Fsp3) is 0.729. The second kappa shape index (κ2) is 63.9. The van der Waals surface area contributed by atoms with Crippen LogP contribution in [0.15, 0.2) is 97.2 Å². The molecule has 0 amide bonds. The predicted octanol–water partition coefficient (Wildman–Crippen LogP) is 22.0. The number of hydrogen-bond acceptors (Lipinski definition) is 6. The van der Waals surface area contributed by atoms with E-state index in [1.165, 1.54) is 154 Å². The van der Waals surface area contributed by atoms with Crippen LogP contribution >= 0.6 is 0 Å². The van der Waals surface area contributed by atoms with Crippen LogP contribution in [-0.2, 0) is 28.6 Å². The van der Waals surface area contributed by atoms with E-state index in [0.717, 1.165) is 116 Å². The third-order valence-electron chi connectivity index (χ3n) is 13.8. The molecule has 6 nitrogen and oxygen atoms in total. The highest BCUT2D eigenvalue weighted by Crippen LogP contribution is 2.16. The van der Waals surface area contributed by atoms with E-state index < -0.39 is 6.10 Å². The first kappa shape index (κ1) is 72.3. The molecule has 0 aliphatic heterocycles. The Morgan fingerprint density at radius 1 is 0.276 bits per heavy atom. The molecule has 0 aliphatic rings. The maximum absolute atomic E-state index is 12.9. The Bertz CT molecular complexity index is 1490. The summed E-state index contributed by atoms with van der Waals surface area (Å²) in [6, 6.07) is 0. The summed E-state index contributed by atoms with van der Waals surface area (Å²) in [5.41, 5.74) is 0. The number of carbonyl (C=O) groups is 3. The van der Waals surface area contributed by atoms with E-state index in [2.05, 4.69) is 118 Å². The molecule has 0 radical (unpaired) electrons. The van der Waals surface area contributed by atoms with Crippen LogP contribution in [0.1, 0.15) is 310 Å². The first-order valence-electron chi connectivity index (χ1n) is 32.2. The van der Waals surface area contributed by atoms with Gasteiger partial charge in [0.25, 0.3) is 0 Å². The lowest BCUT2D eigenvalue weighted by molar-refractivity contribution is -0.167. The second-order valence-electron chi connectivity index (χ2n) is 21.3. The van der Waals surface area contributed by atoms with Crippen LogP contribution in [0.4, 0.5) is 0 Å². The Labute approximate surface area is 470 Å². The number of esters is 3. The zero-order chi connectivity index (χ0) is 55.0. The molecule has 0 spiro atoms. The molecule has 0 aromatic heterocycles. The minimum absolute atomic E-state index is 0.0857. The molecule has 0 bridgehead atoms. The number of allylic oxidation sites excluding steroid dienone is 16. The predicted molar refractivity (Wildman–Crippen MR) is 330 cm³/mol. The van der Waals surface area contributed by atoms with Crippen LogP contribution in [0.5, 0.6) is 0 Å². The minimum Gasteiger partial charge on any atom is -0.462 e. The summed E-state index contributed by atoms with van der Waals surface area (Å²) in [5.74, 6) is -0.900. The lowest BCUT2D eigenvalue weighted by Crippen LogP contribution is -2.30. The Hall–Kier alpha value is -3.67. The molecule has 0 saturated heterocycles. The molecule has 0 heterocycles. The van der Waals surface area contributed by atoms with Gasteiger partial charge in [0.15, 0.2) is 6.10 Å². The summed E-state index contributed by atoms with van der Waals surface area (Å²) in [4.78, 5) is 38.3. The van der Waals surface area contributed by atoms with Gasteiger partial charge in [-0.1, -0.05) is 266 Å². The molecular formula is C70H120O6. The van der Waals surface area contributed by atoms with Crippen molar-refractivity contribution in [3.05, 3.63) is 97.2 Å². The van der Waals surface area contributed by atoms with Gasteiger partial charge in [-0.2, -0.15) is 0 Å². The van der Waals surface area contributed by atoms with Crippen molar-refractivity contribution >= 4 is 17.9 Å². The van der Waals surface area contributed by atoms with Crippen LogP contribution < -0.4 is 0 Å². The Kier molecular flexibility index (Phi) is 60.8. The van der Waals surface area contributed by atoms with Crippen molar-refractivity contribution in [2.75, 3.05) is 13.2 Å². The van der Waals surface area contributed by atoms with E-state index in [4.69, 9.17) is 14.2 Å². The van der Waals surface area contributed by atoms with Gasteiger partial charge in [0.2, 0.25) is 0 Å². The highest BCUT2D eigenvalue weighted by molar-refractivity contribution is 5.71. The fourth-order valence-corrected chi connectivity index (χ4v) is 8.97.